The third-order valence-corrected chi connectivity index (χ3v) is 4.48. The van der Waals surface area contributed by atoms with Gasteiger partial charge < -0.3 is 10.6 Å². The molecule has 0 saturated carbocycles. The third-order valence-electron chi connectivity index (χ3n) is 3.47. The van der Waals surface area contributed by atoms with Crippen molar-refractivity contribution in [1.82, 2.24) is 10.6 Å². The summed E-state index contributed by atoms with van der Waals surface area (Å²) >= 11 is 1.52. The average Bonchev–Trinajstić information content (AvgIpc) is 2.76. The van der Waals surface area contributed by atoms with Crippen LogP contribution in [0.4, 0.5) is 0 Å². The van der Waals surface area contributed by atoms with Crippen molar-refractivity contribution in [2.75, 3.05) is 13.1 Å². The van der Waals surface area contributed by atoms with Gasteiger partial charge in [-0.3, -0.25) is 4.79 Å². The van der Waals surface area contributed by atoms with Crippen LogP contribution in [0.2, 0.25) is 0 Å². The van der Waals surface area contributed by atoms with Crippen LogP contribution in [0.3, 0.4) is 0 Å². The molecule has 1 aromatic heterocycles. The lowest BCUT2D eigenvalue weighted by atomic mass is 9.93. The van der Waals surface area contributed by atoms with Gasteiger partial charge in [0.25, 0.3) is 5.91 Å². The SMILES string of the molecule is Cc1ccsc1C(=O)NC(C)C1CCCNC1. The van der Waals surface area contributed by atoms with Crippen LogP contribution in [-0.2, 0) is 0 Å². The Morgan fingerprint density at radius 3 is 3.06 bits per heavy atom. The van der Waals surface area contributed by atoms with E-state index < -0.39 is 0 Å². The van der Waals surface area contributed by atoms with E-state index in [1.165, 1.54) is 24.2 Å². The highest BCUT2D eigenvalue weighted by molar-refractivity contribution is 7.12. The molecule has 0 aromatic carbocycles. The van der Waals surface area contributed by atoms with Crippen LogP contribution in [0.15, 0.2) is 11.4 Å². The van der Waals surface area contributed by atoms with Gasteiger partial charge in [-0.25, -0.2) is 0 Å². The van der Waals surface area contributed by atoms with Crippen molar-refractivity contribution in [3.63, 3.8) is 0 Å². The Labute approximate surface area is 107 Å². The molecule has 0 bridgehead atoms. The molecule has 2 rings (SSSR count). The van der Waals surface area contributed by atoms with E-state index in [1.54, 1.807) is 0 Å². The van der Waals surface area contributed by atoms with Crippen molar-refractivity contribution >= 4 is 17.2 Å². The number of piperidine rings is 1. The molecule has 1 saturated heterocycles. The first kappa shape index (κ1) is 12.6. The van der Waals surface area contributed by atoms with Crippen LogP contribution in [-0.4, -0.2) is 25.0 Å². The summed E-state index contributed by atoms with van der Waals surface area (Å²) in [6.07, 6.45) is 2.42. The fourth-order valence-electron chi connectivity index (χ4n) is 2.30. The summed E-state index contributed by atoms with van der Waals surface area (Å²) in [5.41, 5.74) is 1.07. The van der Waals surface area contributed by atoms with Crippen molar-refractivity contribution in [3.05, 3.63) is 21.9 Å². The molecule has 0 radical (unpaired) electrons. The van der Waals surface area contributed by atoms with Gasteiger partial charge in [0.1, 0.15) is 0 Å². The second-order valence-electron chi connectivity index (χ2n) is 4.80. The molecule has 3 nitrogen and oxygen atoms in total. The molecular formula is C13H20N2OS. The normalized spacial score (nSPS) is 22.1. The highest BCUT2D eigenvalue weighted by atomic mass is 32.1. The summed E-state index contributed by atoms with van der Waals surface area (Å²) in [6, 6.07) is 2.24. The number of amides is 1. The number of aryl methyl sites for hydroxylation is 1. The van der Waals surface area contributed by atoms with Crippen LogP contribution >= 0.6 is 11.3 Å². The first-order valence-corrected chi connectivity index (χ1v) is 7.12. The minimum Gasteiger partial charge on any atom is -0.349 e. The predicted molar refractivity (Wildman–Crippen MR) is 71.6 cm³/mol. The van der Waals surface area contributed by atoms with Crippen LogP contribution < -0.4 is 10.6 Å². The maximum absolute atomic E-state index is 12.1. The minimum atomic E-state index is 0.0792. The number of thiophene rings is 1. The smallest absolute Gasteiger partial charge is 0.261 e. The Kier molecular flexibility index (Phi) is 4.18. The van der Waals surface area contributed by atoms with E-state index in [1.807, 2.05) is 18.4 Å². The van der Waals surface area contributed by atoms with Gasteiger partial charge in [-0.1, -0.05) is 0 Å². The standard InChI is InChI=1S/C13H20N2OS/c1-9-5-7-17-12(9)13(16)15-10(2)11-4-3-6-14-8-11/h5,7,10-11,14H,3-4,6,8H2,1-2H3,(H,15,16). The molecule has 2 unspecified atom stereocenters. The van der Waals surface area contributed by atoms with Crippen LogP contribution in [0.1, 0.15) is 35.0 Å². The van der Waals surface area contributed by atoms with Gasteiger partial charge in [0, 0.05) is 6.04 Å². The van der Waals surface area contributed by atoms with Crippen molar-refractivity contribution in [2.45, 2.75) is 32.7 Å². The summed E-state index contributed by atoms with van der Waals surface area (Å²) in [5, 5.41) is 8.48. The molecule has 0 spiro atoms. The van der Waals surface area contributed by atoms with Gasteiger partial charge in [0.05, 0.1) is 4.88 Å². The fraction of sp³-hybridized carbons (Fsp3) is 0.615. The van der Waals surface area contributed by atoms with Crippen molar-refractivity contribution in [3.8, 4) is 0 Å². The lowest BCUT2D eigenvalue weighted by Gasteiger charge is -2.28. The van der Waals surface area contributed by atoms with E-state index in [0.717, 1.165) is 23.5 Å². The zero-order valence-electron chi connectivity index (χ0n) is 10.5. The largest absolute Gasteiger partial charge is 0.349 e. The first-order valence-electron chi connectivity index (χ1n) is 6.24. The monoisotopic (exact) mass is 252 g/mol. The van der Waals surface area contributed by atoms with Gasteiger partial charge in [0.2, 0.25) is 0 Å². The van der Waals surface area contributed by atoms with Gasteiger partial charge >= 0.3 is 0 Å². The van der Waals surface area contributed by atoms with Crippen LogP contribution in [0, 0.1) is 12.8 Å². The van der Waals surface area contributed by atoms with Gasteiger partial charge in [-0.05, 0) is 62.7 Å². The molecule has 1 aromatic rings. The summed E-state index contributed by atoms with van der Waals surface area (Å²) in [6.45, 7) is 6.23. The van der Waals surface area contributed by atoms with Crippen LogP contribution in [0.5, 0.6) is 0 Å². The van der Waals surface area contributed by atoms with Crippen molar-refractivity contribution in [2.24, 2.45) is 5.92 Å². The molecular weight excluding hydrogens is 232 g/mol. The quantitative estimate of drug-likeness (QED) is 0.865. The lowest BCUT2D eigenvalue weighted by molar-refractivity contribution is 0.0925. The molecule has 4 heteroatoms. The highest BCUT2D eigenvalue weighted by Crippen LogP contribution is 2.18. The zero-order chi connectivity index (χ0) is 12.3. The Morgan fingerprint density at radius 1 is 1.65 bits per heavy atom. The molecule has 0 aliphatic carbocycles. The molecule has 1 aliphatic rings. The van der Waals surface area contributed by atoms with E-state index in [4.69, 9.17) is 0 Å². The summed E-state index contributed by atoms with van der Waals surface area (Å²) in [4.78, 5) is 12.9. The summed E-state index contributed by atoms with van der Waals surface area (Å²) in [5.74, 6) is 0.642. The van der Waals surface area contributed by atoms with E-state index in [9.17, 15) is 4.79 Å². The van der Waals surface area contributed by atoms with Gasteiger partial charge in [-0.2, -0.15) is 0 Å². The number of hydrogen-bond acceptors (Lipinski definition) is 3. The summed E-state index contributed by atoms with van der Waals surface area (Å²) < 4.78 is 0. The fourth-order valence-corrected chi connectivity index (χ4v) is 3.13. The Hall–Kier alpha value is -0.870. The maximum Gasteiger partial charge on any atom is 0.261 e. The van der Waals surface area contributed by atoms with E-state index in [2.05, 4.69) is 17.6 Å². The lowest BCUT2D eigenvalue weighted by Crippen LogP contribution is -2.44. The summed E-state index contributed by atoms with van der Waals surface area (Å²) in [7, 11) is 0. The van der Waals surface area contributed by atoms with Crippen molar-refractivity contribution < 1.29 is 4.79 Å². The van der Waals surface area contributed by atoms with E-state index >= 15 is 0 Å². The van der Waals surface area contributed by atoms with E-state index in [-0.39, 0.29) is 11.9 Å². The molecule has 1 amide bonds. The van der Waals surface area contributed by atoms with Gasteiger partial charge in [-0.15, -0.1) is 11.3 Å². The molecule has 2 atom stereocenters. The highest BCUT2D eigenvalue weighted by Gasteiger charge is 2.22. The Balaban J connectivity index is 1.92. The Bertz CT molecular complexity index is 383. The second kappa shape index (κ2) is 5.65. The van der Waals surface area contributed by atoms with Crippen molar-refractivity contribution in [1.29, 1.82) is 0 Å². The Morgan fingerprint density at radius 2 is 2.47 bits per heavy atom. The van der Waals surface area contributed by atoms with Gasteiger partial charge in [0.15, 0.2) is 0 Å². The zero-order valence-corrected chi connectivity index (χ0v) is 11.3. The number of nitrogens with one attached hydrogen (secondary N) is 2. The van der Waals surface area contributed by atoms with Crippen LogP contribution in [0.25, 0.3) is 0 Å². The molecule has 2 N–H and O–H groups in total. The predicted octanol–water partition coefficient (Wildman–Crippen LogP) is 2.17. The third kappa shape index (κ3) is 3.07. The number of hydrogen-bond donors (Lipinski definition) is 2. The molecule has 2 heterocycles. The second-order valence-corrected chi connectivity index (χ2v) is 5.72. The minimum absolute atomic E-state index is 0.0792. The first-order chi connectivity index (χ1) is 8.18. The number of rotatable bonds is 3. The average molecular weight is 252 g/mol. The maximum atomic E-state index is 12.1. The van der Waals surface area contributed by atoms with E-state index in [0.29, 0.717) is 5.92 Å². The topological polar surface area (TPSA) is 41.1 Å². The molecule has 17 heavy (non-hydrogen) atoms. The molecule has 1 fully saturated rings. The number of carbonyl (C=O) groups is 1. The number of carbonyl (C=O) groups excluding carboxylic acids is 1. The molecule has 1 aliphatic heterocycles. The molecule has 94 valence electrons.